The number of carbonyl (C=O) groups excluding carboxylic acids is 2. The van der Waals surface area contributed by atoms with Gasteiger partial charge in [0.2, 0.25) is 5.91 Å². The van der Waals surface area contributed by atoms with Crippen molar-refractivity contribution in [2.45, 2.75) is 45.2 Å². The van der Waals surface area contributed by atoms with Crippen LogP contribution in [0.5, 0.6) is 0 Å². The monoisotopic (exact) mass is 256 g/mol. The molecule has 6 heteroatoms. The number of likely N-dealkylation sites (tertiary alicyclic amines) is 1. The number of carbonyl (C=O) groups is 2. The van der Waals surface area contributed by atoms with E-state index in [9.17, 15) is 9.59 Å². The van der Waals surface area contributed by atoms with E-state index in [0.717, 1.165) is 19.6 Å². The highest BCUT2D eigenvalue weighted by Crippen LogP contribution is 2.08. The van der Waals surface area contributed by atoms with Gasteiger partial charge in [0, 0.05) is 12.6 Å². The van der Waals surface area contributed by atoms with E-state index in [1.807, 2.05) is 6.92 Å². The first-order chi connectivity index (χ1) is 8.49. The lowest BCUT2D eigenvalue weighted by Crippen LogP contribution is -2.51. The minimum Gasteiger partial charge on any atom is -0.351 e. The number of piperidine rings is 1. The van der Waals surface area contributed by atoms with Crippen molar-refractivity contribution in [3.8, 4) is 0 Å². The SMILES string of the molecule is CC(CN1CCCCC1)NC(C)C(=O)NC(N)=O. The maximum absolute atomic E-state index is 11.5. The minimum atomic E-state index is -0.808. The van der Waals surface area contributed by atoms with Gasteiger partial charge in [0.1, 0.15) is 0 Å². The second-order valence-electron chi connectivity index (χ2n) is 5.00. The third-order valence-corrected chi connectivity index (χ3v) is 3.15. The van der Waals surface area contributed by atoms with E-state index in [0.29, 0.717) is 0 Å². The van der Waals surface area contributed by atoms with Crippen LogP contribution in [0.1, 0.15) is 33.1 Å². The fraction of sp³-hybridized carbons (Fsp3) is 0.833. The number of nitrogens with two attached hydrogens (primary N) is 1. The van der Waals surface area contributed by atoms with E-state index in [2.05, 4.69) is 15.5 Å². The van der Waals surface area contributed by atoms with E-state index >= 15 is 0 Å². The Morgan fingerprint density at radius 3 is 2.39 bits per heavy atom. The van der Waals surface area contributed by atoms with Gasteiger partial charge in [-0.3, -0.25) is 10.1 Å². The smallest absolute Gasteiger partial charge is 0.318 e. The fourth-order valence-electron chi connectivity index (χ4n) is 2.31. The summed E-state index contributed by atoms with van der Waals surface area (Å²) in [5.41, 5.74) is 4.90. The molecule has 1 aliphatic heterocycles. The molecule has 2 atom stereocenters. The van der Waals surface area contributed by atoms with Crippen LogP contribution in [0.15, 0.2) is 0 Å². The molecule has 1 fully saturated rings. The maximum atomic E-state index is 11.5. The molecule has 0 aromatic rings. The van der Waals surface area contributed by atoms with Gasteiger partial charge >= 0.3 is 6.03 Å². The molecule has 18 heavy (non-hydrogen) atoms. The summed E-state index contributed by atoms with van der Waals surface area (Å²) in [5.74, 6) is -0.381. The van der Waals surface area contributed by atoms with E-state index in [1.165, 1.54) is 19.3 Å². The number of nitrogens with one attached hydrogen (secondary N) is 2. The van der Waals surface area contributed by atoms with Gasteiger partial charge in [-0.2, -0.15) is 0 Å². The van der Waals surface area contributed by atoms with E-state index < -0.39 is 12.1 Å². The largest absolute Gasteiger partial charge is 0.351 e. The van der Waals surface area contributed by atoms with Crippen LogP contribution >= 0.6 is 0 Å². The first kappa shape index (κ1) is 14.9. The summed E-state index contributed by atoms with van der Waals surface area (Å²) in [6.45, 7) is 6.96. The maximum Gasteiger partial charge on any atom is 0.318 e. The summed E-state index contributed by atoms with van der Waals surface area (Å²) in [7, 11) is 0. The minimum absolute atomic E-state index is 0.205. The molecule has 0 aromatic heterocycles. The summed E-state index contributed by atoms with van der Waals surface area (Å²) in [5, 5.41) is 5.25. The molecular formula is C12H24N4O2. The topological polar surface area (TPSA) is 87.5 Å². The van der Waals surface area contributed by atoms with Crippen LogP contribution < -0.4 is 16.4 Å². The van der Waals surface area contributed by atoms with Crippen molar-refractivity contribution in [1.82, 2.24) is 15.5 Å². The van der Waals surface area contributed by atoms with E-state index in [1.54, 1.807) is 6.92 Å². The van der Waals surface area contributed by atoms with Crippen molar-refractivity contribution in [3.63, 3.8) is 0 Å². The zero-order valence-electron chi connectivity index (χ0n) is 11.2. The Hall–Kier alpha value is -1.14. The van der Waals surface area contributed by atoms with Gasteiger partial charge in [-0.05, 0) is 39.8 Å². The molecule has 0 bridgehead atoms. The lowest BCUT2D eigenvalue weighted by atomic mass is 10.1. The second kappa shape index (κ2) is 7.33. The molecule has 6 nitrogen and oxygen atoms in total. The number of amides is 3. The first-order valence-corrected chi connectivity index (χ1v) is 6.57. The van der Waals surface area contributed by atoms with Gasteiger partial charge in [0.25, 0.3) is 0 Å². The van der Waals surface area contributed by atoms with Gasteiger partial charge in [-0.15, -0.1) is 0 Å². The summed E-state index contributed by atoms with van der Waals surface area (Å²) in [4.78, 5) is 24.5. The average molecular weight is 256 g/mol. The number of primary amides is 1. The van der Waals surface area contributed by atoms with Crippen LogP contribution in [0.4, 0.5) is 4.79 Å². The van der Waals surface area contributed by atoms with Crippen LogP contribution in [0.2, 0.25) is 0 Å². The quantitative estimate of drug-likeness (QED) is 0.648. The van der Waals surface area contributed by atoms with Crippen LogP contribution in [-0.2, 0) is 4.79 Å². The van der Waals surface area contributed by atoms with Crippen molar-refractivity contribution in [3.05, 3.63) is 0 Å². The highest BCUT2D eigenvalue weighted by atomic mass is 16.2. The molecule has 4 N–H and O–H groups in total. The molecule has 1 aliphatic rings. The molecule has 0 saturated carbocycles. The third-order valence-electron chi connectivity index (χ3n) is 3.15. The van der Waals surface area contributed by atoms with Crippen molar-refractivity contribution in [1.29, 1.82) is 0 Å². The summed E-state index contributed by atoms with van der Waals surface area (Å²) in [6.07, 6.45) is 3.82. The highest BCUT2D eigenvalue weighted by molar-refractivity contribution is 5.96. The lowest BCUT2D eigenvalue weighted by Gasteiger charge is -2.30. The standard InChI is InChI=1S/C12H24N4O2/c1-9(8-16-6-4-3-5-7-16)14-10(2)11(17)15-12(13)18/h9-10,14H,3-8H2,1-2H3,(H3,13,15,17,18). The molecule has 1 rings (SSSR count). The summed E-state index contributed by atoms with van der Waals surface area (Å²) >= 11 is 0. The van der Waals surface area contributed by atoms with Crippen LogP contribution in [0.3, 0.4) is 0 Å². The van der Waals surface area contributed by atoms with Gasteiger partial charge in [-0.25, -0.2) is 4.79 Å². The zero-order valence-corrected chi connectivity index (χ0v) is 11.2. The van der Waals surface area contributed by atoms with Crippen molar-refractivity contribution in [2.75, 3.05) is 19.6 Å². The van der Waals surface area contributed by atoms with Crippen molar-refractivity contribution >= 4 is 11.9 Å². The predicted molar refractivity (Wildman–Crippen MR) is 70.1 cm³/mol. The Kier molecular flexibility index (Phi) is 6.07. The number of hydrogen-bond acceptors (Lipinski definition) is 4. The van der Waals surface area contributed by atoms with Gasteiger partial charge in [-0.1, -0.05) is 6.42 Å². The van der Waals surface area contributed by atoms with E-state index in [-0.39, 0.29) is 11.9 Å². The summed E-state index contributed by atoms with van der Waals surface area (Å²) < 4.78 is 0. The number of urea groups is 1. The van der Waals surface area contributed by atoms with Crippen LogP contribution in [-0.4, -0.2) is 48.6 Å². The molecule has 2 unspecified atom stereocenters. The molecule has 0 aromatic carbocycles. The Labute approximate surface area is 108 Å². The second-order valence-corrected chi connectivity index (χ2v) is 5.00. The van der Waals surface area contributed by atoms with Crippen LogP contribution in [0, 0.1) is 0 Å². The lowest BCUT2D eigenvalue weighted by molar-refractivity contribution is -0.121. The number of nitrogens with zero attached hydrogens (tertiary/aromatic N) is 1. The Morgan fingerprint density at radius 2 is 1.83 bits per heavy atom. The summed E-state index contributed by atoms with van der Waals surface area (Å²) in [6, 6.07) is -1.02. The van der Waals surface area contributed by atoms with Crippen molar-refractivity contribution in [2.24, 2.45) is 5.73 Å². The molecule has 0 radical (unpaired) electrons. The molecule has 1 heterocycles. The van der Waals surface area contributed by atoms with Crippen molar-refractivity contribution < 1.29 is 9.59 Å². The van der Waals surface area contributed by atoms with Gasteiger partial charge < -0.3 is 16.0 Å². The molecular weight excluding hydrogens is 232 g/mol. The molecule has 0 spiro atoms. The predicted octanol–water partition coefficient (Wildman–Crippen LogP) is 0.0338. The fourth-order valence-corrected chi connectivity index (χ4v) is 2.31. The first-order valence-electron chi connectivity index (χ1n) is 6.57. The van der Waals surface area contributed by atoms with Crippen LogP contribution in [0.25, 0.3) is 0 Å². The molecule has 104 valence electrons. The zero-order chi connectivity index (χ0) is 13.5. The third kappa shape index (κ3) is 5.46. The number of hydrogen-bond donors (Lipinski definition) is 3. The normalized spacial score (nSPS) is 20.1. The van der Waals surface area contributed by atoms with Gasteiger partial charge in [0.15, 0.2) is 0 Å². The highest BCUT2D eigenvalue weighted by Gasteiger charge is 2.18. The number of imide groups is 1. The Morgan fingerprint density at radius 1 is 1.22 bits per heavy atom. The molecule has 0 aliphatic carbocycles. The molecule has 1 saturated heterocycles. The Bertz CT molecular complexity index is 290. The average Bonchev–Trinajstić information content (AvgIpc) is 2.29. The van der Waals surface area contributed by atoms with E-state index in [4.69, 9.17) is 5.73 Å². The number of rotatable bonds is 5. The Balaban J connectivity index is 2.27. The van der Waals surface area contributed by atoms with Gasteiger partial charge in [0.05, 0.1) is 6.04 Å². The molecule has 3 amide bonds.